The zero-order chi connectivity index (χ0) is 26.4. The highest BCUT2D eigenvalue weighted by Crippen LogP contribution is 2.19. The summed E-state index contributed by atoms with van der Waals surface area (Å²) >= 11 is 0. The number of carboxylic acids is 3. The second-order valence-electron chi connectivity index (χ2n) is 7.75. The highest BCUT2D eigenvalue weighted by Gasteiger charge is 2.36. The van der Waals surface area contributed by atoms with E-state index in [0.29, 0.717) is 44.4 Å². The Morgan fingerprint density at radius 2 is 1.69 bits per heavy atom. The number of nitrogens with zero attached hydrogens (tertiary/aromatic N) is 1. The van der Waals surface area contributed by atoms with Gasteiger partial charge in [0, 0.05) is 18.7 Å². The fraction of sp³-hybridized carbons (Fsp3) is 0.458. The van der Waals surface area contributed by atoms with E-state index in [9.17, 15) is 29.1 Å². The Kier molecular flexibility index (Phi) is 12.7. The summed E-state index contributed by atoms with van der Waals surface area (Å²) in [5, 5.41) is 27.9. The zero-order valence-corrected chi connectivity index (χ0v) is 19.8. The quantitative estimate of drug-likeness (QED) is 0.261. The second kappa shape index (κ2) is 15.2. The third-order valence-corrected chi connectivity index (χ3v) is 5.15. The van der Waals surface area contributed by atoms with Crippen molar-refractivity contribution in [3.63, 3.8) is 0 Å². The number of nitrogens with one attached hydrogen (secondary N) is 1. The number of likely N-dealkylation sites (tertiary alicyclic amines) is 1. The summed E-state index contributed by atoms with van der Waals surface area (Å²) in [6.45, 7) is 4.09. The van der Waals surface area contributed by atoms with E-state index in [0.717, 1.165) is 5.56 Å². The molecule has 1 fully saturated rings. The van der Waals surface area contributed by atoms with E-state index in [2.05, 4.69) is 5.32 Å². The molecule has 0 aromatic heterocycles. The number of esters is 1. The van der Waals surface area contributed by atoms with Crippen LogP contribution in [0, 0.1) is 0 Å². The first kappa shape index (κ1) is 29.3. The Morgan fingerprint density at radius 1 is 1.09 bits per heavy atom. The zero-order valence-electron chi connectivity index (χ0n) is 19.8. The molecule has 2 rings (SSSR count). The Morgan fingerprint density at radius 3 is 2.20 bits per heavy atom. The molecule has 0 unspecified atom stereocenters. The number of hydrogen-bond donors (Lipinski definition) is 4. The number of amides is 1. The van der Waals surface area contributed by atoms with Crippen molar-refractivity contribution in [3.8, 4) is 0 Å². The van der Waals surface area contributed by atoms with Crippen LogP contribution in [0.1, 0.15) is 38.7 Å². The molecule has 3 atom stereocenters. The maximum Gasteiger partial charge on any atom is 0.328 e. The van der Waals surface area contributed by atoms with Crippen LogP contribution in [-0.2, 0) is 35.1 Å². The number of carbonyl (C=O) groups is 5. The van der Waals surface area contributed by atoms with Crippen LogP contribution in [0.15, 0.2) is 42.5 Å². The van der Waals surface area contributed by atoms with E-state index in [1.54, 1.807) is 13.8 Å². The number of aliphatic carboxylic acids is 3. The van der Waals surface area contributed by atoms with Gasteiger partial charge in [0.15, 0.2) is 0 Å². The lowest BCUT2D eigenvalue weighted by molar-refractivity contribution is -0.150. The molecular weight excluding hydrogens is 460 g/mol. The van der Waals surface area contributed by atoms with Crippen molar-refractivity contribution < 1.29 is 44.0 Å². The Balaban J connectivity index is 0.000000658. The minimum Gasteiger partial charge on any atom is -0.480 e. The van der Waals surface area contributed by atoms with Gasteiger partial charge in [-0.05, 0) is 45.1 Å². The summed E-state index contributed by atoms with van der Waals surface area (Å²) in [6.07, 6.45) is 3.40. The van der Waals surface area contributed by atoms with Crippen LogP contribution in [0.5, 0.6) is 0 Å². The van der Waals surface area contributed by atoms with E-state index in [1.807, 2.05) is 30.3 Å². The van der Waals surface area contributed by atoms with Crippen molar-refractivity contribution in [2.45, 2.75) is 57.7 Å². The topological polar surface area (TPSA) is 171 Å². The fourth-order valence-corrected chi connectivity index (χ4v) is 3.52. The van der Waals surface area contributed by atoms with Crippen LogP contribution in [0.2, 0.25) is 0 Å². The number of carbonyl (C=O) groups excluding carboxylic acids is 2. The normalized spacial score (nSPS) is 16.6. The average Bonchev–Trinajstić information content (AvgIpc) is 3.31. The summed E-state index contributed by atoms with van der Waals surface area (Å²) in [7, 11) is 0. The van der Waals surface area contributed by atoms with Gasteiger partial charge in [-0.25, -0.2) is 14.4 Å². The lowest BCUT2D eigenvalue weighted by Gasteiger charge is -2.27. The summed E-state index contributed by atoms with van der Waals surface area (Å²) in [4.78, 5) is 56.8. The second-order valence-corrected chi connectivity index (χ2v) is 7.75. The van der Waals surface area contributed by atoms with Gasteiger partial charge in [0.1, 0.15) is 12.1 Å². The van der Waals surface area contributed by atoms with Crippen LogP contribution in [0.4, 0.5) is 0 Å². The lowest BCUT2D eigenvalue weighted by atomic mass is 10.0. The van der Waals surface area contributed by atoms with Gasteiger partial charge in [-0.3, -0.25) is 14.9 Å². The van der Waals surface area contributed by atoms with E-state index < -0.39 is 42.0 Å². The van der Waals surface area contributed by atoms with Gasteiger partial charge in [0.05, 0.1) is 12.6 Å². The van der Waals surface area contributed by atoms with Crippen molar-refractivity contribution in [2.24, 2.45) is 0 Å². The molecule has 0 bridgehead atoms. The van der Waals surface area contributed by atoms with Gasteiger partial charge >= 0.3 is 23.9 Å². The monoisotopic (exact) mass is 492 g/mol. The van der Waals surface area contributed by atoms with Gasteiger partial charge < -0.3 is 25.0 Å². The molecule has 4 N–H and O–H groups in total. The molecule has 1 aromatic carbocycles. The number of rotatable bonds is 11. The minimum absolute atomic E-state index is 0.262. The number of hydrogen-bond acceptors (Lipinski definition) is 7. The molecule has 1 aliphatic heterocycles. The smallest absolute Gasteiger partial charge is 0.328 e. The Bertz CT molecular complexity index is 886. The molecular formula is C24H32N2O9. The van der Waals surface area contributed by atoms with Gasteiger partial charge in [-0.2, -0.15) is 0 Å². The molecule has 0 radical (unpaired) electrons. The van der Waals surface area contributed by atoms with E-state index >= 15 is 0 Å². The predicted molar refractivity (Wildman–Crippen MR) is 125 cm³/mol. The van der Waals surface area contributed by atoms with Gasteiger partial charge in [-0.15, -0.1) is 0 Å². The summed E-state index contributed by atoms with van der Waals surface area (Å²) in [5.74, 6) is -4.20. The molecule has 0 spiro atoms. The van der Waals surface area contributed by atoms with Crippen LogP contribution < -0.4 is 5.32 Å². The first-order valence-electron chi connectivity index (χ1n) is 11.2. The fourth-order valence-electron chi connectivity index (χ4n) is 3.52. The van der Waals surface area contributed by atoms with Gasteiger partial charge in [0.2, 0.25) is 5.91 Å². The number of benzene rings is 1. The Labute approximate surface area is 203 Å². The maximum atomic E-state index is 12.7. The lowest BCUT2D eigenvalue weighted by Crippen LogP contribution is -2.53. The summed E-state index contributed by atoms with van der Waals surface area (Å²) in [5.41, 5.74) is 1.10. The van der Waals surface area contributed by atoms with Crippen LogP contribution >= 0.6 is 0 Å². The molecule has 1 amide bonds. The van der Waals surface area contributed by atoms with Crippen molar-refractivity contribution in [1.82, 2.24) is 10.2 Å². The number of carboxylic acid groups (broad SMARTS) is 3. The Hall–Kier alpha value is -3.73. The molecule has 0 aliphatic carbocycles. The van der Waals surface area contributed by atoms with E-state index in [4.69, 9.17) is 14.9 Å². The molecule has 11 nitrogen and oxygen atoms in total. The molecule has 1 aliphatic rings. The minimum atomic E-state index is -1.26. The number of ether oxygens (including phenoxy) is 1. The average molecular weight is 493 g/mol. The van der Waals surface area contributed by atoms with Crippen molar-refractivity contribution in [1.29, 1.82) is 0 Å². The highest BCUT2D eigenvalue weighted by atomic mass is 16.5. The molecule has 1 heterocycles. The van der Waals surface area contributed by atoms with Crippen LogP contribution in [-0.4, -0.2) is 81.3 Å². The maximum absolute atomic E-state index is 12.7. The molecule has 35 heavy (non-hydrogen) atoms. The molecule has 0 saturated carbocycles. The first-order valence-corrected chi connectivity index (χ1v) is 11.2. The molecule has 1 aromatic rings. The third-order valence-electron chi connectivity index (χ3n) is 5.15. The van der Waals surface area contributed by atoms with Gasteiger partial charge in [-0.1, -0.05) is 30.3 Å². The molecule has 192 valence electrons. The van der Waals surface area contributed by atoms with Crippen molar-refractivity contribution in [2.75, 3.05) is 13.2 Å². The first-order chi connectivity index (χ1) is 16.6. The molecule has 11 heteroatoms. The van der Waals surface area contributed by atoms with Crippen LogP contribution in [0.25, 0.3) is 0 Å². The SMILES string of the molecule is CCOC(=O)[C@@H](CCc1ccccc1)N[C@H](C)C(=O)N1CCC[C@H]1C(=O)O.O=C(O)/C=C\C(=O)O. The third kappa shape index (κ3) is 10.8. The highest BCUT2D eigenvalue weighted by molar-refractivity contribution is 5.89. The van der Waals surface area contributed by atoms with Crippen LogP contribution in [0.3, 0.4) is 0 Å². The largest absolute Gasteiger partial charge is 0.480 e. The van der Waals surface area contributed by atoms with Crippen molar-refractivity contribution >= 4 is 29.8 Å². The standard InChI is InChI=1S/C20H28N2O5.C4H4O4/c1-3-27-20(26)16(12-11-15-8-5-4-6-9-15)21-14(2)18(23)22-13-7-10-17(22)19(24)25;5-3(6)1-2-4(7)8/h4-6,8-9,14,16-17,21H,3,7,10-13H2,1-2H3,(H,24,25);1-2H,(H,5,6)(H,7,8)/b;2-1-/t14-,16-,17+;/m1./s1. The molecule has 1 saturated heterocycles. The van der Waals surface area contributed by atoms with Gasteiger partial charge in [0.25, 0.3) is 0 Å². The van der Waals surface area contributed by atoms with Crippen molar-refractivity contribution in [3.05, 3.63) is 48.0 Å². The number of aryl methyl sites for hydroxylation is 1. The van der Waals surface area contributed by atoms with E-state index in [-0.39, 0.29) is 12.5 Å². The predicted octanol–water partition coefficient (Wildman–Crippen LogP) is 1.32. The summed E-state index contributed by atoms with van der Waals surface area (Å²) < 4.78 is 5.14. The van der Waals surface area contributed by atoms with E-state index in [1.165, 1.54) is 4.90 Å². The summed E-state index contributed by atoms with van der Waals surface area (Å²) in [6, 6.07) is 7.69.